The van der Waals surface area contributed by atoms with E-state index in [4.69, 9.17) is 0 Å². The molecule has 0 N–H and O–H groups in total. The second-order valence-corrected chi connectivity index (χ2v) is 7.54. The first-order valence-corrected chi connectivity index (χ1v) is 9.98. The second kappa shape index (κ2) is 9.18. The average Bonchev–Trinajstić information content (AvgIpc) is 2.86. The van der Waals surface area contributed by atoms with Crippen molar-refractivity contribution in [2.45, 2.75) is 26.8 Å². The molecule has 29 heavy (non-hydrogen) atoms. The molecular weight excluding hydrogens is 369 g/mol. The summed E-state index contributed by atoms with van der Waals surface area (Å²) in [5.74, 6) is -0.476. The molecule has 154 valence electrons. The molecule has 0 saturated carbocycles. The van der Waals surface area contributed by atoms with Crippen molar-refractivity contribution >= 4 is 11.7 Å². The molecule has 2 heterocycles. The predicted octanol–water partition coefficient (Wildman–Crippen LogP) is 3.46. The highest BCUT2D eigenvalue weighted by Crippen LogP contribution is 2.17. The summed E-state index contributed by atoms with van der Waals surface area (Å²) in [5.41, 5.74) is 3.13. The third-order valence-corrected chi connectivity index (χ3v) is 5.50. The number of carbonyl (C=O) groups excluding carboxylic acids is 2. The van der Waals surface area contributed by atoms with Crippen molar-refractivity contribution in [3.8, 4) is 0 Å². The van der Waals surface area contributed by atoms with Crippen molar-refractivity contribution in [3.05, 3.63) is 71.3 Å². The Bertz CT molecular complexity index is 919. The highest BCUT2D eigenvalue weighted by molar-refractivity contribution is 5.99. The fourth-order valence-electron chi connectivity index (χ4n) is 3.92. The summed E-state index contributed by atoms with van der Waals surface area (Å²) in [7, 11) is 0. The first kappa shape index (κ1) is 21.0. The van der Waals surface area contributed by atoms with Crippen LogP contribution in [0.5, 0.6) is 0 Å². The molecule has 1 aromatic heterocycles. The summed E-state index contributed by atoms with van der Waals surface area (Å²) in [6.45, 7) is 11.3. The van der Waals surface area contributed by atoms with Crippen LogP contribution in [-0.4, -0.2) is 58.8 Å². The first-order valence-electron chi connectivity index (χ1n) is 9.98. The molecule has 1 aliphatic rings. The van der Waals surface area contributed by atoms with Crippen LogP contribution in [-0.2, 0) is 6.54 Å². The average molecular weight is 397 g/mol. The number of ketones is 1. The number of aromatic nitrogens is 1. The lowest BCUT2D eigenvalue weighted by Crippen LogP contribution is -2.36. The van der Waals surface area contributed by atoms with Crippen molar-refractivity contribution in [2.24, 2.45) is 0 Å². The van der Waals surface area contributed by atoms with E-state index in [0.717, 1.165) is 29.9 Å². The quantitative estimate of drug-likeness (QED) is 0.554. The maximum Gasteiger partial charge on any atom is 0.254 e. The van der Waals surface area contributed by atoms with Gasteiger partial charge in [0.05, 0.1) is 6.54 Å². The molecule has 0 radical (unpaired) electrons. The topological polar surface area (TPSA) is 45.6 Å². The molecule has 1 fully saturated rings. The Morgan fingerprint density at radius 3 is 2.66 bits per heavy atom. The van der Waals surface area contributed by atoms with Gasteiger partial charge in [-0.1, -0.05) is 12.1 Å². The van der Waals surface area contributed by atoms with E-state index in [9.17, 15) is 14.0 Å². The van der Waals surface area contributed by atoms with Crippen LogP contribution in [0.3, 0.4) is 0 Å². The van der Waals surface area contributed by atoms with Gasteiger partial charge >= 0.3 is 0 Å². The standard InChI is InChI=1S/C23H28FN3O2/c1-4-9-27-17(2)14-21(18(27)3)22(28)16-25-10-6-11-26(13-12-25)23(29)19-7-5-8-20(24)15-19/h4-5,7-8,14-15H,1,6,9-13,16H2,2-3H3. The molecule has 0 aliphatic carbocycles. The summed E-state index contributed by atoms with van der Waals surface area (Å²) >= 11 is 0. The Kier molecular flexibility index (Phi) is 6.64. The number of halogens is 1. The lowest BCUT2D eigenvalue weighted by atomic mass is 10.1. The zero-order valence-corrected chi connectivity index (χ0v) is 17.2. The molecule has 2 aromatic rings. The third-order valence-electron chi connectivity index (χ3n) is 5.50. The molecule has 0 atom stereocenters. The van der Waals surface area contributed by atoms with E-state index in [1.165, 1.54) is 12.1 Å². The second-order valence-electron chi connectivity index (χ2n) is 7.54. The summed E-state index contributed by atoms with van der Waals surface area (Å²) in [4.78, 5) is 29.4. The largest absolute Gasteiger partial charge is 0.345 e. The molecule has 1 amide bonds. The molecular formula is C23H28FN3O2. The number of nitrogens with zero attached hydrogens (tertiary/aromatic N) is 3. The number of hydrogen-bond donors (Lipinski definition) is 0. The van der Waals surface area contributed by atoms with E-state index in [0.29, 0.717) is 38.3 Å². The smallest absolute Gasteiger partial charge is 0.254 e. The van der Waals surface area contributed by atoms with Crippen molar-refractivity contribution in [3.63, 3.8) is 0 Å². The van der Waals surface area contributed by atoms with Crippen LogP contribution in [0.25, 0.3) is 0 Å². The number of aryl methyl sites for hydroxylation is 1. The molecule has 0 bridgehead atoms. The van der Waals surface area contributed by atoms with Gasteiger partial charge in [-0.25, -0.2) is 4.39 Å². The van der Waals surface area contributed by atoms with Crippen LogP contribution < -0.4 is 0 Å². The molecule has 1 saturated heterocycles. The maximum atomic E-state index is 13.4. The predicted molar refractivity (Wildman–Crippen MR) is 112 cm³/mol. The van der Waals surface area contributed by atoms with Gasteiger partial charge in [-0.15, -0.1) is 6.58 Å². The van der Waals surface area contributed by atoms with Gasteiger partial charge in [0.15, 0.2) is 5.78 Å². The minimum absolute atomic E-state index is 0.0957. The molecule has 6 heteroatoms. The number of hydrogen-bond acceptors (Lipinski definition) is 3. The number of amides is 1. The monoisotopic (exact) mass is 397 g/mol. The first-order chi connectivity index (χ1) is 13.9. The Labute approximate surface area is 171 Å². The van der Waals surface area contributed by atoms with Crippen LogP contribution in [0.1, 0.15) is 38.5 Å². The van der Waals surface area contributed by atoms with E-state index in [1.54, 1.807) is 17.0 Å². The van der Waals surface area contributed by atoms with Gasteiger partial charge in [-0.05, 0) is 44.5 Å². The molecule has 0 unspecified atom stereocenters. The molecule has 1 aromatic carbocycles. The summed E-state index contributed by atoms with van der Waals surface area (Å²) in [5, 5.41) is 0. The minimum atomic E-state index is -0.410. The van der Waals surface area contributed by atoms with Crippen LogP contribution in [0.2, 0.25) is 0 Å². The van der Waals surface area contributed by atoms with Gasteiger partial charge < -0.3 is 9.47 Å². The summed E-state index contributed by atoms with van der Waals surface area (Å²) < 4.78 is 15.5. The molecule has 3 rings (SSSR count). The molecule has 1 aliphatic heterocycles. The SMILES string of the molecule is C=CCn1c(C)cc(C(=O)CN2CCCN(C(=O)c3cccc(F)c3)CC2)c1C. The number of Topliss-reactive ketones (excluding diaryl/α,β-unsaturated/α-hetero) is 1. The van der Waals surface area contributed by atoms with Crippen LogP contribution in [0.15, 0.2) is 43.0 Å². The molecule has 5 nitrogen and oxygen atoms in total. The Morgan fingerprint density at radius 2 is 1.93 bits per heavy atom. The van der Waals surface area contributed by atoms with Crippen LogP contribution >= 0.6 is 0 Å². The number of benzene rings is 1. The van der Waals surface area contributed by atoms with Crippen molar-refractivity contribution in [2.75, 3.05) is 32.7 Å². The lowest BCUT2D eigenvalue weighted by molar-refractivity contribution is 0.0760. The normalized spacial score (nSPS) is 15.2. The van der Waals surface area contributed by atoms with E-state index in [2.05, 4.69) is 16.0 Å². The summed E-state index contributed by atoms with van der Waals surface area (Å²) in [6, 6.07) is 7.73. The van der Waals surface area contributed by atoms with Gasteiger partial charge in [0.25, 0.3) is 5.91 Å². The van der Waals surface area contributed by atoms with Gasteiger partial charge in [0, 0.05) is 55.2 Å². The molecule has 0 spiro atoms. The Hall–Kier alpha value is -2.73. The van der Waals surface area contributed by atoms with E-state index >= 15 is 0 Å². The van der Waals surface area contributed by atoms with E-state index < -0.39 is 5.82 Å². The van der Waals surface area contributed by atoms with Crippen LogP contribution in [0.4, 0.5) is 4.39 Å². The highest BCUT2D eigenvalue weighted by atomic mass is 19.1. The Morgan fingerprint density at radius 1 is 1.14 bits per heavy atom. The zero-order valence-electron chi connectivity index (χ0n) is 17.2. The zero-order chi connectivity index (χ0) is 21.0. The Balaban J connectivity index is 1.63. The van der Waals surface area contributed by atoms with Crippen molar-refractivity contribution in [1.29, 1.82) is 0 Å². The van der Waals surface area contributed by atoms with Crippen LogP contribution in [0, 0.1) is 19.7 Å². The van der Waals surface area contributed by atoms with Gasteiger partial charge in [-0.3, -0.25) is 14.5 Å². The number of rotatable bonds is 6. The van der Waals surface area contributed by atoms with E-state index in [1.807, 2.05) is 26.0 Å². The van der Waals surface area contributed by atoms with E-state index in [-0.39, 0.29) is 11.7 Å². The third kappa shape index (κ3) is 4.82. The lowest BCUT2D eigenvalue weighted by Gasteiger charge is -2.21. The van der Waals surface area contributed by atoms with Gasteiger partial charge in [0.1, 0.15) is 5.82 Å². The van der Waals surface area contributed by atoms with Gasteiger partial charge in [-0.2, -0.15) is 0 Å². The highest BCUT2D eigenvalue weighted by Gasteiger charge is 2.23. The number of carbonyl (C=O) groups is 2. The maximum absolute atomic E-state index is 13.4. The fraction of sp³-hybridized carbons (Fsp3) is 0.391. The fourth-order valence-corrected chi connectivity index (χ4v) is 3.92. The van der Waals surface area contributed by atoms with Gasteiger partial charge in [0.2, 0.25) is 0 Å². The van der Waals surface area contributed by atoms with Crippen molar-refractivity contribution in [1.82, 2.24) is 14.4 Å². The van der Waals surface area contributed by atoms with Crippen molar-refractivity contribution < 1.29 is 14.0 Å². The summed E-state index contributed by atoms with van der Waals surface area (Å²) in [6.07, 6.45) is 2.61. The number of allylic oxidation sites excluding steroid dienone is 1. The minimum Gasteiger partial charge on any atom is -0.345 e.